The van der Waals surface area contributed by atoms with Crippen molar-refractivity contribution in [3.05, 3.63) is 76.1 Å². The normalized spacial score (nSPS) is 10.8. The van der Waals surface area contributed by atoms with Gasteiger partial charge in [-0.2, -0.15) is 10.4 Å². The van der Waals surface area contributed by atoms with E-state index in [-0.39, 0.29) is 11.4 Å². The Morgan fingerprint density at radius 1 is 1.15 bits per heavy atom. The lowest BCUT2D eigenvalue weighted by Crippen LogP contribution is -2.02. The smallest absolute Gasteiger partial charge is 0.336 e. The van der Waals surface area contributed by atoms with E-state index >= 15 is 0 Å². The van der Waals surface area contributed by atoms with Gasteiger partial charge in [0, 0.05) is 17.0 Å². The number of aromatic nitrogens is 2. The molecule has 0 saturated heterocycles. The van der Waals surface area contributed by atoms with Crippen LogP contribution in [0.2, 0.25) is 0 Å². The van der Waals surface area contributed by atoms with Crippen LogP contribution in [0.5, 0.6) is 0 Å². The van der Waals surface area contributed by atoms with Gasteiger partial charge in [0.05, 0.1) is 5.69 Å². The number of aryl methyl sites for hydroxylation is 1. The van der Waals surface area contributed by atoms with Gasteiger partial charge in [-0.1, -0.05) is 30.3 Å². The van der Waals surface area contributed by atoms with E-state index in [9.17, 15) is 10.1 Å². The summed E-state index contributed by atoms with van der Waals surface area (Å²) < 4.78 is 6.80. The van der Waals surface area contributed by atoms with Crippen molar-refractivity contribution in [3.63, 3.8) is 0 Å². The summed E-state index contributed by atoms with van der Waals surface area (Å²) in [4.78, 5) is 12.0. The molecule has 0 aliphatic carbocycles. The Labute approximate surface area is 148 Å². The van der Waals surface area contributed by atoms with Crippen LogP contribution in [0.1, 0.15) is 11.1 Å². The number of para-hydroxylation sites is 1. The highest BCUT2D eigenvalue weighted by atomic mass is 16.4. The Balaban J connectivity index is 2.05. The molecule has 0 fully saturated rings. The molecule has 126 valence electrons. The van der Waals surface area contributed by atoms with E-state index in [4.69, 9.17) is 10.2 Å². The van der Waals surface area contributed by atoms with E-state index in [0.29, 0.717) is 22.2 Å². The van der Waals surface area contributed by atoms with Crippen LogP contribution in [0.4, 0.5) is 5.82 Å². The number of hydrogen-bond acceptors (Lipinski definition) is 5. The minimum Gasteiger partial charge on any atom is -0.423 e. The Kier molecular flexibility index (Phi) is 3.55. The van der Waals surface area contributed by atoms with Crippen LogP contribution < -0.4 is 11.4 Å². The van der Waals surface area contributed by atoms with Gasteiger partial charge in [0.2, 0.25) is 0 Å². The lowest BCUT2D eigenvalue weighted by Gasteiger charge is -2.04. The SMILES string of the molecule is Cc1ccc2c(-c3nn(-c4ccccc4)c(N)c3C#N)cc(=O)oc2c1. The van der Waals surface area contributed by atoms with Crippen LogP contribution in [0.3, 0.4) is 0 Å². The highest BCUT2D eigenvalue weighted by Gasteiger charge is 2.20. The summed E-state index contributed by atoms with van der Waals surface area (Å²) in [5.74, 6) is 0.224. The van der Waals surface area contributed by atoms with E-state index < -0.39 is 5.63 Å². The monoisotopic (exact) mass is 342 g/mol. The number of nitrogen functional groups attached to an aromatic ring is 1. The maximum absolute atomic E-state index is 12.0. The van der Waals surface area contributed by atoms with Crippen molar-refractivity contribution < 1.29 is 4.42 Å². The molecule has 0 radical (unpaired) electrons. The van der Waals surface area contributed by atoms with Crippen molar-refractivity contribution in [3.8, 4) is 23.0 Å². The summed E-state index contributed by atoms with van der Waals surface area (Å²) in [5, 5.41) is 14.8. The number of nitriles is 1. The zero-order valence-corrected chi connectivity index (χ0v) is 13.9. The van der Waals surface area contributed by atoms with Crippen molar-refractivity contribution in [2.45, 2.75) is 6.92 Å². The van der Waals surface area contributed by atoms with E-state index in [1.807, 2.05) is 49.4 Å². The molecule has 2 aromatic heterocycles. The van der Waals surface area contributed by atoms with Crippen molar-refractivity contribution in [1.82, 2.24) is 9.78 Å². The standard InChI is InChI=1S/C20H14N4O2/c1-12-7-8-14-15(10-18(25)26-17(14)9-12)19-16(11-21)20(22)24(23-19)13-5-3-2-4-6-13/h2-10H,22H2,1H3. The second-order valence-corrected chi connectivity index (χ2v) is 5.95. The maximum Gasteiger partial charge on any atom is 0.336 e. The molecule has 6 nitrogen and oxygen atoms in total. The summed E-state index contributed by atoms with van der Waals surface area (Å²) in [7, 11) is 0. The first-order valence-electron chi connectivity index (χ1n) is 7.97. The van der Waals surface area contributed by atoms with E-state index in [1.54, 1.807) is 6.07 Å². The molecule has 2 heterocycles. The molecule has 0 spiro atoms. The summed E-state index contributed by atoms with van der Waals surface area (Å²) in [5.41, 5.74) is 8.91. The molecule has 0 amide bonds. The average molecular weight is 342 g/mol. The summed E-state index contributed by atoms with van der Waals surface area (Å²) >= 11 is 0. The van der Waals surface area contributed by atoms with Gasteiger partial charge >= 0.3 is 5.63 Å². The van der Waals surface area contributed by atoms with Gasteiger partial charge in [-0.3, -0.25) is 0 Å². The van der Waals surface area contributed by atoms with Crippen LogP contribution in [-0.4, -0.2) is 9.78 Å². The van der Waals surface area contributed by atoms with Crippen LogP contribution in [0.15, 0.2) is 63.8 Å². The molecule has 26 heavy (non-hydrogen) atoms. The van der Waals surface area contributed by atoms with Crippen molar-refractivity contribution in [2.24, 2.45) is 0 Å². The third-order valence-electron chi connectivity index (χ3n) is 4.19. The first-order chi connectivity index (χ1) is 12.6. The summed E-state index contributed by atoms with van der Waals surface area (Å²) in [6.07, 6.45) is 0. The van der Waals surface area contributed by atoms with E-state index in [2.05, 4.69) is 11.2 Å². The van der Waals surface area contributed by atoms with E-state index in [0.717, 1.165) is 11.3 Å². The molecule has 2 N–H and O–H groups in total. The number of hydrogen-bond donors (Lipinski definition) is 1. The Morgan fingerprint density at radius 3 is 2.65 bits per heavy atom. The van der Waals surface area contributed by atoms with Crippen LogP contribution >= 0.6 is 0 Å². The van der Waals surface area contributed by atoms with Crippen LogP contribution in [0.25, 0.3) is 27.9 Å². The Hall–Kier alpha value is -3.85. The maximum atomic E-state index is 12.0. The topological polar surface area (TPSA) is 97.8 Å². The van der Waals surface area contributed by atoms with Crippen molar-refractivity contribution >= 4 is 16.8 Å². The fraction of sp³-hybridized carbons (Fsp3) is 0.0500. The molecule has 2 aromatic carbocycles. The molecular weight excluding hydrogens is 328 g/mol. The molecule has 0 bridgehead atoms. The fourth-order valence-corrected chi connectivity index (χ4v) is 2.96. The van der Waals surface area contributed by atoms with Crippen LogP contribution in [0, 0.1) is 18.3 Å². The van der Waals surface area contributed by atoms with Gasteiger partial charge in [0.15, 0.2) is 0 Å². The number of anilines is 1. The molecule has 4 aromatic rings. The highest BCUT2D eigenvalue weighted by Crippen LogP contribution is 2.32. The number of rotatable bonds is 2. The molecular formula is C20H14N4O2. The Bertz CT molecular complexity index is 1230. The number of nitrogens with zero attached hydrogens (tertiary/aromatic N) is 3. The third kappa shape index (κ3) is 2.43. The number of fused-ring (bicyclic) bond motifs is 1. The van der Waals surface area contributed by atoms with E-state index in [1.165, 1.54) is 10.7 Å². The highest BCUT2D eigenvalue weighted by molar-refractivity contribution is 5.94. The second kappa shape index (κ2) is 5.90. The summed E-state index contributed by atoms with van der Waals surface area (Å²) in [6.45, 7) is 1.91. The van der Waals surface area contributed by atoms with Crippen molar-refractivity contribution in [2.75, 3.05) is 5.73 Å². The largest absolute Gasteiger partial charge is 0.423 e. The van der Waals surface area contributed by atoms with Gasteiger partial charge < -0.3 is 10.2 Å². The molecule has 0 atom stereocenters. The lowest BCUT2D eigenvalue weighted by atomic mass is 10.0. The predicted octanol–water partition coefficient (Wildman–Crippen LogP) is 3.41. The zero-order valence-electron chi connectivity index (χ0n) is 13.9. The zero-order chi connectivity index (χ0) is 18.3. The van der Waals surface area contributed by atoms with Gasteiger partial charge in [0.1, 0.15) is 28.7 Å². The minimum atomic E-state index is -0.505. The molecule has 6 heteroatoms. The number of benzene rings is 2. The molecule has 4 rings (SSSR count). The lowest BCUT2D eigenvalue weighted by molar-refractivity contribution is 0.561. The quantitative estimate of drug-likeness (QED) is 0.563. The average Bonchev–Trinajstić information content (AvgIpc) is 2.97. The summed E-state index contributed by atoms with van der Waals surface area (Å²) in [6, 6.07) is 18.3. The predicted molar refractivity (Wildman–Crippen MR) is 98.9 cm³/mol. The second-order valence-electron chi connectivity index (χ2n) is 5.95. The fourth-order valence-electron chi connectivity index (χ4n) is 2.96. The molecule has 0 aliphatic rings. The minimum absolute atomic E-state index is 0.223. The number of nitrogens with two attached hydrogens (primary N) is 1. The third-order valence-corrected chi connectivity index (χ3v) is 4.19. The molecule has 0 saturated carbocycles. The van der Waals surface area contributed by atoms with Gasteiger partial charge in [-0.25, -0.2) is 9.48 Å². The molecule has 0 unspecified atom stereocenters. The molecule has 0 aliphatic heterocycles. The Morgan fingerprint density at radius 2 is 1.92 bits per heavy atom. The first kappa shape index (κ1) is 15.7. The van der Waals surface area contributed by atoms with Gasteiger partial charge in [-0.15, -0.1) is 0 Å². The van der Waals surface area contributed by atoms with Gasteiger partial charge in [-0.05, 0) is 30.7 Å². The van der Waals surface area contributed by atoms with Gasteiger partial charge in [0.25, 0.3) is 0 Å². The van der Waals surface area contributed by atoms with Crippen molar-refractivity contribution in [1.29, 1.82) is 5.26 Å². The van der Waals surface area contributed by atoms with Crippen LogP contribution in [-0.2, 0) is 0 Å². The first-order valence-corrected chi connectivity index (χ1v) is 7.97.